The molecule has 0 saturated carbocycles. The summed E-state index contributed by atoms with van der Waals surface area (Å²) in [5.41, 5.74) is 0.908. The second kappa shape index (κ2) is 7.97. The van der Waals surface area contributed by atoms with Gasteiger partial charge in [-0.15, -0.1) is 0 Å². The van der Waals surface area contributed by atoms with Crippen molar-refractivity contribution >= 4 is 23.2 Å². The maximum absolute atomic E-state index is 6.17. The van der Waals surface area contributed by atoms with E-state index in [1.54, 1.807) is 14.2 Å². The van der Waals surface area contributed by atoms with Gasteiger partial charge in [0.1, 0.15) is 0 Å². The molecule has 1 unspecified atom stereocenters. The molecule has 0 aliphatic rings. The molecule has 0 saturated heterocycles. The molecule has 0 amide bonds. The number of hydrogen-bond acceptors (Lipinski definition) is 3. The van der Waals surface area contributed by atoms with Gasteiger partial charge >= 0.3 is 0 Å². The monoisotopic (exact) mass is 291 g/mol. The quantitative estimate of drug-likeness (QED) is 0.783. The summed E-state index contributed by atoms with van der Waals surface area (Å²) < 4.78 is 10.6. The molecule has 1 aromatic rings. The van der Waals surface area contributed by atoms with Gasteiger partial charge in [0.15, 0.2) is 6.29 Å². The predicted octanol–water partition coefficient (Wildman–Crippen LogP) is 3.13. The van der Waals surface area contributed by atoms with Gasteiger partial charge in [-0.2, -0.15) is 0 Å². The first-order chi connectivity index (χ1) is 8.63. The Morgan fingerprint density at radius 3 is 2.17 bits per heavy atom. The lowest BCUT2D eigenvalue weighted by molar-refractivity contribution is -0.122. The van der Waals surface area contributed by atoms with E-state index in [0.29, 0.717) is 16.5 Å². The Labute approximate surface area is 118 Å². The third-order valence-electron chi connectivity index (χ3n) is 2.75. The lowest BCUT2D eigenvalue weighted by Gasteiger charge is -2.26. The largest absolute Gasteiger partial charge is 0.354 e. The lowest BCUT2D eigenvalue weighted by atomic mass is 10.1. The van der Waals surface area contributed by atoms with Gasteiger partial charge in [0.05, 0.1) is 6.04 Å². The maximum atomic E-state index is 6.17. The van der Waals surface area contributed by atoms with Crippen LogP contribution < -0.4 is 5.32 Å². The van der Waals surface area contributed by atoms with Crippen molar-refractivity contribution in [1.29, 1.82) is 0 Å². The second-order valence-electron chi connectivity index (χ2n) is 3.91. The van der Waals surface area contributed by atoms with Crippen LogP contribution in [0.15, 0.2) is 18.2 Å². The third kappa shape index (κ3) is 4.11. The minimum Gasteiger partial charge on any atom is -0.354 e. The first kappa shape index (κ1) is 15.7. The summed E-state index contributed by atoms with van der Waals surface area (Å²) in [6.45, 7) is 2.85. The van der Waals surface area contributed by atoms with Crippen molar-refractivity contribution in [2.45, 2.75) is 25.7 Å². The van der Waals surface area contributed by atoms with Crippen molar-refractivity contribution in [3.63, 3.8) is 0 Å². The molecule has 102 valence electrons. The summed E-state index contributed by atoms with van der Waals surface area (Å²) in [4.78, 5) is 0. The first-order valence-corrected chi connectivity index (χ1v) is 6.61. The Morgan fingerprint density at radius 2 is 1.72 bits per heavy atom. The van der Waals surface area contributed by atoms with E-state index in [4.69, 9.17) is 32.7 Å². The average Bonchev–Trinajstić information content (AvgIpc) is 2.35. The van der Waals surface area contributed by atoms with E-state index in [1.807, 2.05) is 25.1 Å². The Morgan fingerprint density at radius 1 is 1.17 bits per heavy atom. The molecular formula is C13H19Cl2NO2. The molecule has 1 atom stereocenters. The van der Waals surface area contributed by atoms with Gasteiger partial charge in [-0.1, -0.05) is 36.2 Å². The smallest absolute Gasteiger partial charge is 0.172 e. The highest BCUT2D eigenvalue weighted by Gasteiger charge is 2.22. The molecule has 1 rings (SSSR count). The van der Waals surface area contributed by atoms with Gasteiger partial charge in [-0.25, -0.2) is 0 Å². The fourth-order valence-electron chi connectivity index (χ4n) is 1.90. The van der Waals surface area contributed by atoms with Crippen LogP contribution in [0.5, 0.6) is 0 Å². The molecule has 3 nitrogen and oxygen atoms in total. The van der Waals surface area contributed by atoms with Gasteiger partial charge < -0.3 is 14.8 Å². The molecule has 0 spiro atoms. The van der Waals surface area contributed by atoms with Crippen molar-refractivity contribution in [2.75, 3.05) is 20.8 Å². The number of nitrogens with one attached hydrogen (secondary N) is 1. The van der Waals surface area contributed by atoms with Gasteiger partial charge in [0, 0.05) is 24.3 Å². The molecule has 18 heavy (non-hydrogen) atoms. The number of likely N-dealkylation sites (N-methyl/N-ethyl adjacent to an activating group) is 1. The molecule has 0 aliphatic carbocycles. The molecule has 0 radical (unpaired) electrons. The SMILES string of the molecule is CCNC(Cc1c(Cl)cccc1Cl)C(OC)OC. The number of ether oxygens (including phenoxy) is 2. The zero-order valence-electron chi connectivity index (χ0n) is 10.9. The summed E-state index contributed by atoms with van der Waals surface area (Å²) in [5, 5.41) is 4.65. The highest BCUT2D eigenvalue weighted by molar-refractivity contribution is 6.36. The zero-order valence-corrected chi connectivity index (χ0v) is 12.4. The number of halogens is 2. The van der Waals surface area contributed by atoms with E-state index < -0.39 is 0 Å². The van der Waals surface area contributed by atoms with Crippen molar-refractivity contribution in [1.82, 2.24) is 5.32 Å². The number of rotatable bonds is 7. The van der Waals surface area contributed by atoms with Crippen molar-refractivity contribution in [3.8, 4) is 0 Å². The number of methoxy groups -OCH3 is 2. The summed E-state index contributed by atoms with van der Waals surface area (Å²) >= 11 is 12.3. The van der Waals surface area contributed by atoms with Crippen LogP contribution in [0.3, 0.4) is 0 Å². The normalized spacial score (nSPS) is 13.0. The van der Waals surface area contributed by atoms with Crippen LogP contribution in [-0.4, -0.2) is 33.1 Å². The minimum atomic E-state index is -0.336. The molecule has 1 aromatic carbocycles. The van der Waals surface area contributed by atoms with Crippen LogP contribution in [0, 0.1) is 0 Å². The molecule has 5 heteroatoms. The Kier molecular flexibility index (Phi) is 6.97. The van der Waals surface area contributed by atoms with Gasteiger partial charge in [0.25, 0.3) is 0 Å². The summed E-state index contributed by atoms with van der Waals surface area (Å²) in [6, 6.07) is 5.50. The van der Waals surface area contributed by atoms with Gasteiger partial charge in [0.2, 0.25) is 0 Å². The van der Waals surface area contributed by atoms with Crippen molar-refractivity contribution < 1.29 is 9.47 Å². The van der Waals surface area contributed by atoms with Crippen LogP contribution in [-0.2, 0) is 15.9 Å². The van der Waals surface area contributed by atoms with E-state index in [9.17, 15) is 0 Å². The van der Waals surface area contributed by atoms with Crippen LogP contribution >= 0.6 is 23.2 Å². The van der Waals surface area contributed by atoms with Crippen LogP contribution in [0.4, 0.5) is 0 Å². The average molecular weight is 292 g/mol. The highest BCUT2D eigenvalue weighted by Crippen LogP contribution is 2.26. The molecule has 0 aromatic heterocycles. The number of hydrogen-bond donors (Lipinski definition) is 1. The van der Waals surface area contributed by atoms with Crippen LogP contribution in [0.1, 0.15) is 12.5 Å². The molecule has 0 heterocycles. The van der Waals surface area contributed by atoms with Gasteiger partial charge in [-0.3, -0.25) is 0 Å². The molecule has 0 bridgehead atoms. The standard InChI is InChI=1S/C13H19Cl2NO2/c1-4-16-12(13(17-2)18-3)8-9-10(14)6-5-7-11(9)15/h5-7,12-13,16H,4,8H2,1-3H3. The maximum Gasteiger partial charge on any atom is 0.172 e. The number of benzene rings is 1. The second-order valence-corrected chi connectivity index (χ2v) is 4.72. The fraction of sp³-hybridized carbons (Fsp3) is 0.538. The predicted molar refractivity (Wildman–Crippen MR) is 75.4 cm³/mol. The lowest BCUT2D eigenvalue weighted by Crippen LogP contribution is -2.43. The van der Waals surface area contributed by atoms with Crippen molar-refractivity contribution in [2.24, 2.45) is 0 Å². The summed E-state index contributed by atoms with van der Waals surface area (Å²) in [7, 11) is 3.24. The summed E-state index contributed by atoms with van der Waals surface area (Å²) in [5.74, 6) is 0. The Hall–Kier alpha value is -0.320. The van der Waals surface area contributed by atoms with E-state index in [0.717, 1.165) is 12.1 Å². The zero-order chi connectivity index (χ0) is 13.5. The highest BCUT2D eigenvalue weighted by atomic mass is 35.5. The Bertz CT molecular complexity index is 350. The minimum absolute atomic E-state index is 0.00222. The Balaban J connectivity index is 2.89. The fourth-order valence-corrected chi connectivity index (χ4v) is 2.45. The molecular weight excluding hydrogens is 273 g/mol. The van der Waals surface area contributed by atoms with Crippen LogP contribution in [0.25, 0.3) is 0 Å². The van der Waals surface area contributed by atoms with Crippen LogP contribution in [0.2, 0.25) is 10.0 Å². The molecule has 0 aliphatic heterocycles. The van der Waals surface area contributed by atoms with E-state index in [1.165, 1.54) is 0 Å². The van der Waals surface area contributed by atoms with Gasteiger partial charge in [-0.05, 0) is 30.7 Å². The van der Waals surface area contributed by atoms with E-state index >= 15 is 0 Å². The topological polar surface area (TPSA) is 30.5 Å². The summed E-state index contributed by atoms with van der Waals surface area (Å²) in [6.07, 6.45) is 0.316. The van der Waals surface area contributed by atoms with E-state index in [2.05, 4.69) is 5.32 Å². The third-order valence-corrected chi connectivity index (χ3v) is 3.45. The van der Waals surface area contributed by atoms with Crippen molar-refractivity contribution in [3.05, 3.63) is 33.8 Å². The first-order valence-electron chi connectivity index (χ1n) is 5.85. The van der Waals surface area contributed by atoms with E-state index in [-0.39, 0.29) is 12.3 Å². The molecule has 1 N–H and O–H groups in total. The molecule has 0 fully saturated rings.